The van der Waals surface area contributed by atoms with Crippen LogP contribution in [0.1, 0.15) is 18.5 Å². The number of rotatable bonds is 4. The van der Waals surface area contributed by atoms with Gasteiger partial charge in [-0.2, -0.15) is 9.29 Å². The Bertz CT molecular complexity index is 919. The number of thiophene rings is 1. The minimum Gasteiger partial charge on any atom is -0.356 e. The van der Waals surface area contributed by atoms with Crippen LogP contribution >= 0.6 is 22.9 Å². The van der Waals surface area contributed by atoms with Crippen LogP contribution in [0.5, 0.6) is 0 Å². The largest absolute Gasteiger partial charge is 0.356 e. The van der Waals surface area contributed by atoms with E-state index >= 15 is 0 Å². The van der Waals surface area contributed by atoms with Crippen molar-refractivity contribution in [3.05, 3.63) is 28.2 Å². The number of sulfonamides is 1. The van der Waals surface area contributed by atoms with E-state index in [4.69, 9.17) is 16.6 Å². The average molecular weight is 428 g/mol. The van der Waals surface area contributed by atoms with Crippen molar-refractivity contribution in [2.45, 2.75) is 24.0 Å². The van der Waals surface area contributed by atoms with Gasteiger partial charge in [-0.3, -0.25) is 0 Å². The van der Waals surface area contributed by atoms with Crippen LogP contribution in [0.4, 0.5) is 11.8 Å². The highest BCUT2D eigenvalue weighted by atomic mass is 35.5. The minimum atomic E-state index is -3.48. The first-order valence-corrected chi connectivity index (χ1v) is 11.7. The molecule has 4 heterocycles. The fourth-order valence-electron chi connectivity index (χ4n) is 3.48. The van der Waals surface area contributed by atoms with Crippen molar-refractivity contribution < 1.29 is 8.42 Å². The normalized spacial score (nSPS) is 19.0. The Hall–Kier alpha value is -1.42. The van der Waals surface area contributed by atoms with Gasteiger partial charge in [-0.25, -0.2) is 13.4 Å². The summed E-state index contributed by atoms with van der Waals surface area (Å²) in [6, 6.07) is 5.21. The van der Waals surface area contributed by atoms with Gasteiger partial charge in [0.15, 0.2) is 0 Å². The molecule has 0 saturated carbocycles. The van der Waals surface area contributed by atoms with E-state index in [1.165, 1.54) is 17.1 Å². The van der Waals surface area contributed by atoms with Crippen LogP contribution in [0, 0.1) is 6.92 Å². The van der Waals surface area contributed by atoms with E-state index in [0.717, 1.165) is 35.9 Å². The summed E-state index contributed by atoms with van der Waals surface area (Å²) in [5.41, 5.74) is 0.935. The summed E-state index contributed by atoms with van der Waals surface area (Å²) in [7, 11) is -3.48. The van der Waals surface area contributed by atoms with Gasteiger partial charge in [0.25, 0.3) is 10.0 Å². The second-order valence-electron chi connectivity index (χ2n) is 6.81. The number of hydrogen-bond acceptors (Lipinski definition) is 7. The Morgan fingerprint density at radius 2 is 1.70 bits per heavy atom. The molecule has 2 saturated heterocycles. The van der Waals surface area contributed by atoms with Crippen molar-refractivity contribution in [3.8, 4) is 0 Å². The molecular formula is C17H22ClN5O2S2. The molecule has 7 nitrogen and oxygen atoms in total. The minimum absolute atomic E-state index is 0.295. The second-order valence-corrected chi connectivity index (χ2v) is 10.7. The van der Waals surface area contributed by atoms with Gasteiger partial charge < -0.3 is 9.80 Å². The first kappa shape index (κ1) is 18.9. The summed E-state index contributed by atoms with van der Waals surface area (Å²) in [5, 5.41) is 0. The Morgan fingerprint density at radius 3 is 2.33 bits per heavy atom. The topological polar surface area (TPSA) is 69.6 Å². The zero-order valence-electron chi connectivity index (χ0n) is 15.1. The molecule has 2 aliphatic rings. The van der Waals surface area contributed by atoms with Crippen molar-refractivity contribution in [2.24, 2.45) is 0 Å². The highest BCUT2D eigenvalue weighted by Crippen LogP contribution is 2.29. The molecule has 0 atom stereocenters. The summed E-state index contributed by atoms with van der Waals surface area (Å²) >= 11 is 6.99. The van der Waals surface area contributed by atoms with Crippen LogP contribution in [0.15, 0.2) is 22.4 Å². The van der Waals surface area contributed by atoms with Gasteiger partial charge in [-0.15, -0.1) is 11.3 Å². The monoisotopic (exact) mass is 427 g/mol. The molecule has 2 aromatic heterocycles. The SMILES string of the molecule is Cc1cc(N2CCCC2)nc(N2CCN(S(=O)(=O)c3ccc(Cl)s3)CC2)n1. The van der Waals surface area contributed by atoms with E-state index < -0.39 is 10.0 Å². The molecule has 2 fully saturated rings. The third kappa shape index (κ3) is 3.91. The quantitative estimate of drug-likeness (QED) is 0.747. The maximum absolute atomic E-state index is 12.7. The Morgan fingerprint density at radius 1 is 1.00 bits per heavy atom. The molecule has 146 valence electrons. The molecule has 0 aliphatic carbocycles. The molecule has 27 heavy (non-hydrogen) atoms. The third-order valence-electron chi connectivity index (χ3n) is 4.92. The average Bonchev–Trinajstić information content (AvgIpc) is 3.33. The lowest BCUT2D eigenvalue weighted by Gasteiger charge is -2.34. The number of aromatic nitrogens is 2. The first-order chi connectivity index (χ1) is 12.9. The molecule has 0 amide bonds. The van der Waals surface area contributed by atoms with Gasteiger partial charge in [0, 0.05) is 51.0 Å². The molecule has 0 radical (unpaired) electrons. The van der Waals surface area contributed by atoms with Gasteiger partial charge in [0.1, 0.15) is 10.0 Å². The Kier molecular flexibility index (Phi) is 5.28. The summed E-state index contributed by atoms with van der Waals surface area (Å²) in [5.74, 6) is 1.66. The van der Waals surface area contributed by atoms with Crippen molar-refractivity contribution >= 4 is 44.7 Å². The lowest BCUT2D eigenvalue weighted by atomic mass is 10.3. The molecule has 0 unspecified atom stereocenters. The molecule has 0 bridgehead atoms. The number of hydrogen-bond donors (Lipinski definition) is 0. The van der Waals surface area contributed by atoms with Crippen LogP contribution in [-0.2, 0) is 10.0 Å². The summed E-state index contributed by atoms with van der Waals surface area (Å²) in [6.07, 6.45) is 2.39. The van der Waals surface area contributed by atoms with Crippen molar-refractivity contribution in [3.63, 3.8) is 0 Å². The zero-order chi connectivity index (χ0) is 19.0. The Balaban J connectivity index is 1.48. The van der Waals surface area contributed by atoms with E-state index in [-0.39, 0.29) is 0 Å². The zero-order valence-corrected chi connectivity index (χ0v) is 17.5. The molecule has 4 rings (SSSR count). The van der Waals surface area contributed by atoms with Crippen molar-refractivity contribution in [1.82, 2.24) is 14.3 Å². The fraction of sp³-hybridized carbons (Fsp3) is 0.529. The lowest BCUT2D eigenvalue weighted by Crippen LogP contribution is -2.49. The maximum atomic E-state index is 12.7. The van der Waals surface area contributed by atoms with Crippen LogP contribution < -0.4 is 9.80 Å². The number of nitrogens with zero attached hydrogens (tertiary/aromatic N) is 5. The fourth-order valence-corrected chi connectivity index (χ4v) is 6.54. The smallest absolute Gasteiger partial charge is 0.252 e. The van der Waals surface area contributed by atoms with Crippen LogP contribution in [0.2, 0.25) is 4.34 Å². The van der Waals surface area contributed by atoms with Gasteiger partial charge in [-0.1, -0.05) is 11.6 Å². The van der Waals surface area contributed by atoms with Crippen molar-refractivity contribution in [1.29, 1.82) is 0 Å². The second kappa shape index (κ2) is 7.54. The molecule has 0 N–H and O–H groups in total. The van der Waals surface area contributed by atoms with E-state index in [2.05, 4.69) is 14.8 Å². The number of halogens is 1. The molecule has 0 aromatic carbocycles. The van der Waals surface area contributed by atoms with Crippen LogP contribution in [-0.4, -0.2) is 62.0 Å². The molecular weight excluding hydrogens is 406 g/mol. The predicted molar refractivity (Wildman–Crippen MR) is 109 cm³/mol. The summed E-state index contributed by atoms with van der Waals surface area (Å²) in [6.45, 7) is 6.01. The van der Waals surface area contributed by atoms with E-state index in [1.54, 1.807) is 12.1 Å². The highest BCUT2D eigenvalue weighted by molar-refractivity contribution is 7.91. The summed E-state index contributed by atoms with van der Waals surface area (Å²) in [4.78, 5) is 13.7. The molecule has 10 heteroatoms. The molecule has 2 aromatic rings. The number of aryl methyl sites for hydroxylation is 1. The van der Waals surface area contributed by atoms with Gasteiger partial charge in [0.2, 0.25) is 5.95 Å². The van der Waals surface area contributed by atoms with Crippen LogP contribution in [0.3, 0.4) is 0 Å². The number of piperazine rings is 1. The maximum Gasteiger partial charge on any atom is 0.252 e. The van der Waals surface area contributed by atoms with Gasteiger partial charge in [0.05, 0.1) is 4.34 Å². The lowest BCUT2D eigenvalue weighted by molar-refractivity contribution is 0.383. The van der Waals surface area contributed by atoms with E-state index in [0.29, 0.717) is 40.7 Å². The number of anilines is 2. The third-order valence-corrected chi connectivity index (χ3v) is 8.52. The van der Waals surface area contributed by atoms with E-state index in [1.807, 2.05) is 13.0 Å². The van der Waals surface area contributed by atoms with Gasteiger partial charge in [-0.05, 0) is 31.9 Å². The van der Waals surface area contributed by atoms with Crippen molar-refractivity contribution in [2.75, 3.05) is 49.1 Å². The van der Waals surface area contributed by atoms with Gasteiger partial charge >= 0.3 is 0 Å². The van der Waals surface area contributed by atoms with E-state index in [9.17, 15) is 8.42 Å². The highest BCUT2D eigenvalue weighted by Gasteiger charge is 2.30. The van der Waals surface area contributed by atoms with Crippen LogP contribution in [0.25, 0.3) is 0 Å². The Labute approximate surface area is 168 Å². The first-order valence-electron chi connectivity index (χ1n) is 9.04. The molecule has 2 aliphatic heterocycles. The standard InChI is InChI=1S/C17H22ClN5O2S2/c1-13-12-15(21-6-2-3-7-21)20-17(19-13)22-8-10-23(11-9-22)27(24,25)16-5-4-14(18)26-16/h4-5,12H,2-3,6-11H2,1H3. The molecule has 0 spiro atoms. The summed E-state index contributed by atoms with van der Waals surface area (Å²) < 4.78 is 27.8. The predicted octanol–water partition coefficient (Wildman–Crippen LogP) is 2.61.